The zero-order valence-corrected chi connectivity index (χ0v) is 17.0. The minimum atomic E-state index is -0.469. The third-order valence-electron chi connectivity index (χ3n) is 4.71. The summed E-state index contributed by atoms with van der Waals surface area (Å²) in [6.45, 7) is 2.56. The van der Waals surface area contributed by atoms with Gasteiger partial charge in [-0.15, -0.1) is 0 Å². The fourth-order valence-electron chi connectivity index (χ4n) is 3.22. The van der Waals surface area contributed by atoms with Gasteiger partial charge in [0, 0.05) is 43.0 Å². The molecule has 3 rings (SSSR count). The average Bonchev–Trinajstić information content (AvgIpc) is 3.15. The standard InChI is InChI=1S/C22H25N3O5/c1-3-23-20(26)14-30-19-9-4-6-16(11-19)24-22(28)15-10-21(27)25(13-15)17-7-5-8-18(12-17)29-2/h4-9,11-12,15H,3,10,13-14H2,1-2H3,(H,23,26)(H,24,28). The number of rotatable bonds is 8. The van der Waals surface area contributed by atoms with Crippen LogP contribution < -0.4 is 25.0 Å². The average molecular weight is 411 g/mol. The van der Waals surface area contributed by atoms with Gasteiger partial charge in [0.2, 0.25) is 11.8 Å². The van der Waals surface area contributed by atoms with Crippen LogP contribution in [-0.4, -0.2) is 44.5 Å². The molecule has 8 nitrogen and oxygen atoms in total. The van der Waals surface area contributed by atoms with Crippen LogP contribution in [0.2, 0.25) is 0 Å². The fourth-order valence-corrected chi connectivity index (χ4v) is 3.22. The molecule has 1 fully saturated rings. The molecule has 1 atom stereocenters. The highest BCUT2D eigenvalue weighted by Crippen LogP contribution is 2.29. The van der Waals surface area contributed by atoms with E-state index < -0.39 is 5.92 Å². The van der Waals surface area contributed by atoms with E-state index >= 15 is 0 Å². The van der Waals surface area contributed by atoms with Gasteiger partial charge in [-0.1, -0.05) is 12.1 Å². The molecule has 0 radical (unpaired) electrons. The van der Waals surface area contributed by atoms with Crippen molar-refractivity contribution in [1.29, 1.82) is 0 Å². The molecule has 1 saturated heterocycles. The van der Waals surface area contributed by atoms with Crippen molar-refractivity contribution in [3.8, 4) is 11.5 Å². The number of carbonyl (C=O) groups excluding carboxylic acids is 3. The number of benzene rings is 2. The van der Waals surface area contributed by atoms with Crippen LogP contribution in [0.1, 0.15) is 13.3 Å². The van der Waals surface area contributed by atoms with Crippen molar-refractivity contribution < 1.29 is 23.9 Å². The molecule has 0 spiro atoms. The second-order valence-electron chi connectivity index (χ2n) is 6.87. The number of hydrogen-bond acceptors (Lipinski definition) is 5. The predicted molar refractivity (Wildman–Crippen MR) is 113 cm³/mol. The molecule has 2 aromatic rings. The van der Waals surface area contributed by atoms with Crippen molar-refractivity contribution in [2.45, 2.75) is 13.3 Å². The van der Waals surface area contributed by atoms with Crippen molar-refractivity contribution in [3.63, 3.8) is 0 Å². The largest absolute Gasteiger partial charge is 0.497 e. The monoisotopic (exact) mass is 411 g/mol. The summed E-state index contributed by atoms with van der Waals surface area (Å²) in [5, 5.41) is 5.48. The molecule has 0 saturated carbocycles. The maximum absolute atomic E-state index is 12.7. The molecular formula is C22H25N3O5. The second-order valence-corrected chi connectivity index (χ2v) is 6.87. The number of carbonyl (C=O) groups is 3. The SMILES string of the molecule is CCNC(=O)COc1cccc(NC(=O)C2CC(=O)N(c3cccc(OC)c3)C2)c1. The first-order valence-corrected chi connectivity index (χ1v) is 9.75. The molecule has 3 amide bonds. The second kappa shape index (κ2) is 9.78. The number of methoxy groups -OCH3 is 1. The molecule has 1 aliphatic rings. The number of hydrogen-bond donors (Lipinski definition) is 2. The van der Waals surface area contributed by atoms with Gasteiger partial charge in [-0.3, -0.25) is 14.4 Å². The van der Waals surface area contributed by atoms with Crippen LogP contribution in [0.3, 0.4) is 0 Å². The van der Waals surface area contributed by atoms with Crippen molar-refractivity contribution in [1.82, 2.24) is 5.32 Å². The Labute approximate surface area is 175 Å². The van der Waals surface area contributed by atoms with E-state index in [0.29, 0.717) is 36.0 Å². The maximum atomic E-state index is 12.7. The van der Waals surface area contributed by atoms with E-state index in [4.69, 9.17) is 9.47 Å². The first kappa shape index (κ1) is 21.2. The van der Waals surface area contributed by atoms with Gasteiger partial charge in [-0.05, 0) is 31.2 Å². The van der Waals surface area contributed by atoms with Gasteiger partial charge in [0.15, 0.2) is 6.61 Å². The Morgan fingerprint density at radius 3 is 2.67 bits per heavy atom. The van der Waals surface area contributed by atoms with Crippen LogP contribution in [0.5, 0.6) is 11.5 Å². The highest BCUT2D eigenvalue weighted by molar-refractivity contribution is 6.03. The summed E-state index contributed by atoms with van der Waals surface area (Å²) < 4.78 is 10.7. The third kappa shape index (κ3) is 5.28. The Bertz CT molecular complexity index is 930. The Kier molecular flexibility index (Phi) is 6.90. The lowest BCUT2D eigenvalue weighted by atomic mass is 10.1. The van der Waals surface area contributed by atoms with Crippen LogP contribution in [0.15, 0.2) is 48.5 Å². The highest BCUT2D eigenvalue weighted by atomic mass is 16.5. The number of ether oxygens (including phenoxy) is 2. The third-order valence-corrected chi connectivity index (χ3v) is 4.71. The number of amides is 3. The zero-order valence-electron chi connectivity index (χ0n) is 17.0. The highest BCUT2D eigenvalue weighted by Gasteiger charge is 2.35. The number of anilines is 2. The molecule has 2 aromatic carbocycles. The lowest BCUT2D eigenvalue weighted by molar-refractivity contribution is -0.123. The van der Waals surface area contributed by atoms with E-state index in [1.165, 1.54) is 0 Å². The number of nitrogens with one attached hydrogen (secondary N) is 2. The van der Waals surface area contributed by atoms with Gasteiger partial charge < -0.3 is 25.0 Å². The van der Waals surface area contributed by atoms with E-state index in [9.17, 15) is 14.4 Å². The normalized spacial score (nSPS) is 15.6. The van der Waals surface area contributed by atoms with Crippen molar-refractivity contribution in [3.05, 3.63) is 48.5 Å². The molecular weight excluding hydrogens is 386 g/mol. The van der Waals surface area contributed by atoms with Crippen LogP contribution in [-0.2, 0) is 14.4 Å². The molecule has 30 heavy (non-hydrogen) atoms. The van der Waals surface area contributed by atoms with Gasteiger partial charge in [-0.2, -0.15) is 0 Å². The van der Waals surface area contributed by atoms with E-state index in [0.717, 1.165) is 0 Å². The van der Waals surface area contributed by atoms with E-state index in [-0.39, 0.29) is 30.7 Å². The van der Waals surface area contributed by atoms with E-state index in [1.54, 1.807) is 54.5 Å². The van der Waals surface area contributed by atoms with Crippen molar-refractivity contribution in [2.75, 3.05) is 37.0 Å². The smallest absolute Gasteiger partial charge is 0.257 e. The van der Waals surface area contributed by atoms with Gasteiger partial charge in [0.1, 0.15) is 11.5 Å². The maximum Gasteiger partial charge on any atom is 0.257 e. The number of likely N-dealkylation sites (N-methyl/N-ethyl adjacent to an activating group) is 1. The van der Waals surface area contributed by atoms with E-state index in [1.807, 2.05) is 13.0 Å². The van der Waals surface area contributed by atoms with Crippen molar-refractivity contribution in [2.24, 2.45) is 5.92 Å². The predicted octanol–water partition coefficient (Wildman–Crippen LogP) is 2.20. The molecule has 8 heteroatoms. The lowest BCUT2D eigenvalue weighted by Crippen LogP contribution is -2.28. The summed E-state index contributed by atoms with van der Waals surface area (Å²) in [6.07, 6.45) is 0.135. The molecule has 1 unspecified atom stereocenters. The first-order valence-electron chi connectivity index (χ1n) is 9.75. The first-order chi connectivity index (χ1) is 14.5. The molecule has 1 heterocycles. The minimum Gasteiger partial charge on any atom is -0.497 e. The molecule has 158 valence electrons. The lowest BCUT2D eigenvalue weighted by Gasteiger charge is -2.17. The van der Waals surface area contributed by atoms with Gasteiger partial charge in [0.05, 0.1) is 13.0 Å². The topological polar surface area (TPSA) is 97.0 Å². The molecule has 0 aromatic heterocycles. The van der Waals surface area contributed by atoms with Crippen molar-refractivity contribution >= 4 is 29.1 Å². The molecule has 0 aliphatic carbocycles. The Morgan fingerprint density at radius 1 is 1.13 bits per heavy atom. The van der Waals surface area contributed by atoms with Gasteiger partial charge in [-0.25, -0.2) is 0 Å². The zero-order chi connectivity index (χ0) is 21.5. The number of nitrogens with zero attached hydrogens (tertiary/aromatic N) is 1. The summed E-state index contributed by atoms with van der Waals surface area (Å²) in [5.41, 5.74) is 1.25. The molecule has 1 aliphatic heterocycles. The summed E-state index contributed by atoms with van der Waals surface area (Å²) in [6, 6.07) is 14.0. The minimum absolute atomic E-state index is 0.0993. The van der Waals surface area contributed by atoms with Crippen LogP contribution in [0.4, 0.5) is 11.4 Å². The Balaban J connectivity index is 1.60. The molecule has 0 bridgehead atoms. The summed E-state index contributed by atoms with van der Waals surface area (Å²) in [5.74, 6) is 0.0897. The van der Waals surface area contributed by atoms with Gasteiger partial charge in [0.25, 0.3) is 5.91 Å². The van der Waals surface area contributed by atoms with Crippen LogP contribution >= 0.6 is 0 Å². The Morgan fingerprint density at radius 2 is 1.90 bits per heavy atom. The fraction of sp³-hybridized carbons (Fsp3) is 0.318. The van der Waals surface area contributed by atoms with Crippen LogP contribution in [0, 0.1) is 5.92 Å². The van der Waals surface area contributed by atoms with E-state index in [2.05, 4.69) is 10.6 Å². The van der Waals surface area contributed by atoms with Crippen LogP contribution in [0.25, 0.3) is 0 Å². The summed E-state index contributed by atoms with van der Waals surface area (Å²) in [7, 11) is 1.56. The summed E-state index contributed by atoms with van der Waals surface area (Å²) in [4.78, 5) is 38.3. The summed E-state index contributed by atoms with van der Waals surface area (Å²) >= 11 is 0. The quantitative estimate of drug-likeness (QED) is 0.694. The molecule has 2 N–H and O–H groups in total. The Hall–Kier alpha value is -3.55. The van der Waals surface area contributed by atoms with Gasteiger partial charge >= 0.3 is 0 Å².